The van der Waals surface area contributed by atoms with Gasteiger partial charge in [0.25, 0.3) is 0 Å². The lowest BCUT2D eigenvalue weighted by molar-refractivity contribution is 0.143. The summed E-state index contributed by atoms with van der Waals surface area (Å²) >= 11 is 3.60. The van der Waals surface area contributed by atoms with E-state index in [0.29, 0.717) is 5.92 Å². The normalized spacial score (nSPS) is 20.2. The number of rotatable bonds is 4. The molecule has 3 nitrogen and oxygen atoms in total. The van der Waals surface area contributed by atoms with Crippen LogP contribution < -0.4 is 4.90 Å². The third kappa shape index (κ3) is 3.25. The number of halogens is 1. The molecule has 1 atom stereocenters. The van der Waals surface area contributed by atoms with Gasteiger partial charge in [-0.1, -0.05) is 6.07 Å². The smallest absolute Gasteiger partial charge is 0.0682 e. The highest BCUT2D eigenvalue weighted by Gasteiger charge is 2.21. The lowest BCUT2D eigenvalue weighted by atomic mass is 9.98. The summed E-state index contributed by atoms with van der Waals surface area (Å²) in [4.78, 5) is 2.40. The molecular formula is C14H20BrNO2. The lowest BCUT2D eigenvalue weighted by Gasteiger charge is -2.34. The Labute approximate surface area is 117 Å². The number of piperidine rings is 1. The number of benzene rings is 1. The molecule has 100 valence electrons. The van der Waals surface area contributed by atoms with E-state index in [2.05, 4.69) is 26.9 Å². The zero-order chi connectivity index (χ0) is 13.0. The Morgan fingerprint density at radius 2 is 2.33 bits per heavy atom. The first-order valence-electron chi connectivity index (χ1n) is 6.37. The fourth-order valence-corrected chi connectivity index (χ4v) is 3.24. The Kier molecular flexibility index (Phi) is 5.03. The van der Waals surface area contributed by atoms with Crippen LogP contribution in [0.4, 0.5) is 5.69 Å². The number of hydrogen-bond donors (Lipinski definition) is 1. The zero-order valence-electron chi connectivity index (χ0n) is 10.7. The summed E-state index contributed by atoms with van der Waals surface area (Å²) in [6.45, 7) is 3.07. The van der Waals surface area contributed by atoms with Gasteiger partial charge in [-0.3, -0.25) is 0 Å². The summed E-state index contributed by atoms with van der Waals surface area (Å²) < 4.78 is 6.32. The van der Waals surface area contributed by atoms with Gasteiger partial charge in [0.05, 0.1) is 18.9 Å². The van der Waals surface area contributed by atoms with E-state index in [0.717, 1.165) is 29.7 Å². The van der Waals surface area contributed by atoms with E-state index < -0.39 is 0 Å². The van der Waals surface area contributed by atoms with E-state index in [-0.39, 0.29) is 6.61 Å². The first kappa shape index (κ1) is 13.8. The third-order valence-corrected chi connectivity index (χ3v) is 4.09. The summed E-state index contributed by atoms with van der Waals surface area (Å²) in [6.07, 6.45) is 2.46. The van der Waals surface area contributed by atoms with E-state index in [1.807, 2.05) is 12.1 Å². The van der Waals surface area contributed by atoms with Gasteiger partial charge < -0.3 is 14.7 Å². The van der Waals surface area contributed by atoms with Gasteiger partial charge in [-0.2, -0.15) is 0 Å². The molecule has 1 fully saturated rings. The van der Waals surface area contributed by atoms with Crippen molar-refractivity contribution in [3.05, 3.63) is 28.2 Å². The van der Waals surface area contributed by atoms with E-state index in [1.54, 1.807) is 7.11 Å². The molecule has 0 bridgehead atoms. The maximum atomic E-state index is 9.12. The summed E-state index contributed by atoms with van der Waals surface area (Å²) in [5.41, 5.74) is 2.16. The maximum Gasteiger partial charge on any atom is 0.0682 e. The Morgan fingerprint density at radius 3 is 3.00 bits per heavy atom. The SMILES string of the molecule is COCC1CCCN(c2ccc(CO)cc2Br)C1. The number of hydrogen-bond acceptors (Lipinski definition) is 3. The first-order valence-corrected chi connectivity index (χ1v) is 7.17. The quantitative estimate of drug-likeness (QED) is 0.927. The average molecular weight is 314 g/mol. The minimum Gasteiger partial charge on any atom is -0.392 e. The van der Waals surface area contributed by atoms with Gasteiger partial charge in [-0.25, -0.2) is 0 Å². The molecule has 1 saturated heterocycles. The van der Waals surface area contributed by atoms with Gasteiger partial charge in [0, 0.05) is 24.7 Å². The highest BCUT2D eigenvalue weighted by Crippen LogP contribution is 2.31. The van der Waals surface area contributed by atoms with Gasteiger partial charge in [0.15, 0.2) is 0 Å². The van der Waals surface area contributed by atoms with Crippen LogP contribution in [0.1, 0.15) is 18.4 Å². The van der Waals surface area contributed by atoms with Crippen LogP contribution in [-0.2, 0) is 11.3 Å². The Hall–Kier alpha value is -0.580. The molecule has 1 N–H and O–H groups in total. The molecular weight excluding hydrogens is 294 g/mol. The number of aliphatic hydroxyl groups excluding tert-OH is 1. The van der Waals surface area contributed by atoms with E-state index >= 15 is 0 Å². The van der Waals surface area contributed by atoms with Crippen LogP contribution >= 0.6 is 15.9 Å². The predicted octanol–water partition coefficient (Wildman–Crippen LogP) is 2.80. The predicted molar refractivity (Wildman–Crippen MR) is 76.9 cm³/mol. The Morgan fingerprint density at radius 1 is 1.50 bits per heavy atom. The molecule has 0 spiro atoms. The molecule has 1 unspecified atom stereocenters. The average Bonchev–Trinajstić information content (AvgIpc) is 2.39. The highest BCUT2D eigenvalue weighted by atomic mass is 79.9. The summed E-state index contributed by atoms with van der Waals surface area (Å²) in [6, 6.07) is 6.07. The lowest BCUT2D eigenvalue weighted by Crippen LogP contribution is -2.37. The van der Waals surface area contributed by atoms with Crippen molar-refractivity contribution in [1.82, 2.24) is 0 Å². The second kappa shape index (κ2) is 6.55. The van der Waals surface area contributed by atoms with Crippen molar-refractivity contribution >= 4 is 21.6 Å². The molecule has 1 aliphatic heterocycles. The second-order valence-electron chi connectivity index (χ2n) is 4.85. The number of aliphatic hydroxyl groups is 1. The molecule has 0 aliphatic carbocycles. The van der Waals surface area contributed by atoms with Crippen molar-refractivity contribution in [2.45, 2.75) is 19.4 Å². The van der Waals surface area contributed by atoms with Crippen LogP contribution in [0.3, 0.4) is 0 Å². The maximum absolute atomic E-state index is 9.12. The van der Waals surface area contributed by atoms with Gasteiger partial charge in [0.1, 0.15) is 0 Å². The van der Waals surface area contributed by atoms with Gasteiger partial charge >= 0.3 is 0 Å². The molecule has 0 aromatic heterocycles. The van der Waals surface area contributed by atoms with Crippen LogP contribution in [0.15, 0.2) is 22.7 Å². The van der Waals surface area contributed by atoms with Crippen LogP contribution in [0.5, 0.6) is 0 Å². The molecule has 18 heavy (non-hydrogen) atoms. The van der Waals surface area contributed by atoms with Gasteiger partial charge in [-0.15, -0.1) is 0 Å². The van der Waals surface area contributed by atoms with Crippen molar-refractivity contribution in [3.63, 3.8) is 0 Å². The molecule has 0 amide bonds. The zero-order valence-corrected chi connectivity index (χ0v) is 12.3. The standard InChI is InChI=1S/C14H20BrNO2/c1-18-10-12-3-2-6-16(8-12)14-5-4-11(9-17)7-13(14)15/h4-5,7,12,17H,2-3,6,8-10H2,1H3. The molecule has 1 aromatic carbocycles. The fourth-order valence-electron chi connectivity index (χ4n) is 2.56. The van der Waals surface area contributed by atoms with Crippen molar-refractivity contribution in [3.8, 4) is 0 Å². The minimum atomic E-state index is 0.0885. The first-order chi connectivity index (χ1) is 8.74. The van der Waals surface area contributed by atoms with Gasteiger partial charge in [0.2, 0.25) is 0 Å². The van der Waals surface area contributed by atoms with Crippen molar-refractivity contribution < 1.29 is 9.84 Å². The van der Waals surface area contributed by atoms with Gasteiger partial charge in [-0.05, 0) is 52.4 Å². The van der Waals surface area contributed by atoms with Crippen molar-refractivity contribution in [2.24, 2.45) is 5.92 Å². The summed E-state index contributed by atoms with van der Waals surface area (Å²) in [7, 11) is 1.77. The second-order valence-corrected chi connectivity index (χ2v) is 5.71. The van der Waals surface area contributed by atoms with Crippen molar-refractivity contribution in [1.29, 1.82) is 0 Å². The third-order valence-electron chi connectivity index (χ3n) is 3.46. The van der Waals surface area contributed by atoms with Crippen LogP contribution in [0, 0.1) is 5.92 Å². The monoisotopic (exact) mass is 313 g/mol. The molecule has 2 rings (SSSR count). The molecule has 0 radical (unpaired) electrons. The molecule has 1 aromatic rings. The number of nitrogens with zero attached hydrogens (tertiary/aromatic N) is 1. The molecule has 0 saturated carbocycles. The number of anilines is 1. The van der Waals surface area contributed by atoms with Crippen molar-refractivity contribution in [2.75, 3.05) is 31.7 Å². The largest absolute Gasteiger partial charge is 0.392 e. The highest BCUT2D eigenvalue weighted by molar-refractivity contribution is 9.10. The topological polar surface area (TPSA) is 32.7 Å². The fraction of sp³-hybridized carbons (Fsp3) is 0.571. The molecule has 1 heterocycles. The van der Waals surface area contributed by atoms with E-state index in [4.69, 9.17) is 9.84 Å². The van der Waals surface area contributed by atoms with Crippen LogP contribution in [0.2, 0.25) is 0 Å². The van der Waals surface area contributed by atoms with E-state index in [9.17, 15) is 0 Å². The van der Waals surface area contributed by atoms with Crippen LogP contribution in [0.25, 0.3) is 0 Å². The molecule has 4 heteroatoms. The molecule has 1 aliphatic rings. The minimum absolute atomic E-state index is 0.0885. The van der Waals surface area contributed by atoms with Crippen LogP contribution in [-0.4, -0.2) is 31.9 Å². The Balaban J connectivity index is 2.10. The Bertz CT molecular complexity index is 395. The summed E-state index contributed by atoms with van der Waals surface area (Å²) in [5.74, 6) is 0.619. The van der Waals surface area contributed by atoms with E-state index in [1.165, 1.54) is 18.5 Å². The summed E-state index contributed by atoms with van der Waals surface area (Å²) in [5, 5.41) is 9.12. The number of methoxy groups -OCH3 is 1. The number of ether oxygens (including phenoxy) is 1.